The van der Waals surface area contributed by atoms with E-state index < -0.39 is 0 Å². The van der Waals surface area contributed by atoms with Gasteiger partial charge in [0.15, 0.2) is 0 Å². The minimum Gasteiger partial charge on any atom is -0.303 e. The van der Waals surface area contributed by atoms with Crippen LogP contribution >= 0.6 is 0 Å². The summed E-state index contributed by atoms with van der Waals surface area (Å²) in [7, 11) is 0. The molecule has 0 rings (SSSR count). The summed E-state index contributed by atoms with van der Waals surface area (Å²) in [4.78, 5) is 22.1. The first-order valence-corrected chi connectivity index (χ1v) is 11.7. The highest BCUT2D eigenvalue weighted by atomic mass is 16.1. The fourth-order valence-corrected chi connectivity index (χ4v) is 3.97. The van der Waals surface area contributed by atoms with E-state index in [0.29, 0.717) is 12.3 Å². The van der Waals surface area contributed by atoms with E-state index in [1.54, 1.807) is 0 Å². The summed E-state index contributed by atoms with van der Waals surface area (Å²) in [5, 5.41) is 0. The van der Waals surface area contributed by atoms with Crippen molar-refractivity contribution in [2.45, 2.75) is 129 Å². The quantitative estimate of drug-likeness (QED) is 0.154. The Morgan fingerprint density at radius 1 is 0.577 bits per heavy atom. The van der Waals surface area contributed by atoms with E-state index in [9.17, 15) is 9.59 Å². The Bertz CT molecular complexity index is 301. The van der Waals surface area contributed by atoms with E-state index in [1.165, 1.54) is 96.2 Å². The van der Waals surface area contributed by atoms with Crippen molar-refractivity contribution in [3.8, 4) is 0 Å². The first-order valence-electron chi connectivity index (χ1n) is 11.7. The number of unbranched alkanes of at least 4 members (excludes halogenated alkanes) is 12. The summed E-state index contributed by atoms with van der Waals surface area (Å²) in [5.74, 6) is 0.831. The van der Waals surface area contributed by atoms with Crippen LogP contribution in [0.1, 0.15) is 129 Å². The van der Waals surface area contributed by atoms with Gasteiger partial charge in [-0.2, -0.15) is 0 Å². The number of hydrogen-bond donors (Lipinski definition) is 0. The van der Waals surface area contributed by atoms with Crippen molar-refractivity contribution < 1.29 is 9.59 Å². The molecule has 0 amide bonds. The first kappa shape index (κ1) is 25.3. The molecular formula is C24H46O2. The lowest BCUT2D eigenvalue weighted by Gasteiger charge is -2.23. The lowest BCUT2D eigenvalue weighted by Crippen LogP contribution is -2.17. The average molecular weight is 367 g/mol. The number of hydrogen-bond acceptors (Lipinski definition) is 2. The maximum Gasteiger partial charge on any atom is 0.123 e. The zero-order valence-electron chi connectivity index (χ0n) is 17.9. The smallest absolute Gasteiger partial charge is 0.123 e. The minimum absolute atomic E-state index is 0.262. The van der Waals surface area contributed by atoms with E-state index in [0.717, 1.165) is 25.5 Å². The maximum atomic E-state index is 11.7. The molecule has 0 saturated carbocycles. The Kier molecular flexibility index (Phi) is 20.1. The molecule has 2 nitrogen and oxygen atoms in total. The van der Waals surface area contributed by atoms with E-state index >= 15 is 0 Å². The molecule has 0 aromatic heterocycles. The van der Waals surface area contributed by atoms with Crippen LogP contribution in [0.15, 0.2) is 0 Å². The van der Waals surface area contributed by atoms with Gasteiger partial charge in [-0.05, 0) is 31.6 Å². The Balaban J connectivity index is 4.06. The van der Waals surface area contributed by atoms with Crippen LogP contribution in [0, 0.1) is 11.8 Å². The van der Waals surface area contributed by atoms with E-state index in [-0.39, 0.29) is 5.92 Å². The molecule has 0 aliphatic carbocycles. The fourth-order valence-electron chi connectivity index (χ4n) is 3.97. The molecule has 0 aromatic carbocycles. The zero-order valence-corrected chi connectivity index (χ0v) is 17.9. The van der Waals surface area contributed by atoms with Crippen LogP contribution in [0.4, 0.5) is 0 Å². The molecule has 0 spiro atoms. The van der Waals surface area contributed by atoms with Crippen LogP contribution in [-0.2, 0) is 9.59 Å². The Hall–Kier alpha value is -0.660. The van der Waals surface area contributed by atoms with Crippen LogP contribution in [-0.4, -0.2) is 12.6 Å². The van der Waals surface area contributed by atoms with Crippen LogP contribution < -0.4 is 0 Å². The van der Waals surface area contributed by atoms with Crippen molar-refractivity contribution >= 4 is 12.6 Å². The summed E-state index contributed by atoms with van der Waals surface area (Å²) >= 11 is 0. The third-order valence-corrected chi connectivity index (χ3v) is 5.75. The van der Waals surface area contributed by atoms with Gasteiger partial charge in [0.25, 0.3) is 0 Å². The molecule has 26 heavy (non-hydrogen) atoms. The largest absolute Gasteiger partial charge is 0.303 e. The van der Waals surface area contributed by atoms with Gasteiger partial charge in [0.2, 0.25) is 0 Å². The van der Waals surface area contributed by atoms with Crippen LogP contribution in [0.3, 0.4) is 0 Å². The monoisotopic (exact) mass is 366 g/mol. The maximum absolute atomic E-state index is 11.7. The summed E-state index contributed by atoms with van der Waals surface area (Å²) in [6.45, 7) is 4.50. The molecule has 0 bridgehead atoms. The summed E-state index contributed by atoms with van der Waals surface area (Å²) < 4.78 is 0. The van der Waals surface area contributed by atoms with Crippen molar-refractivity contribution in [3.05, 3.63) is 0 Å². The van der Waals surface area contributed by atoms with E-state index in [2.05, 4.69) is 13.8 Å². The zero-order chi connectivity index (χ0) is 19.3. The number of carbonyl (C=O) groups excluding carboxylic acids is 2. The van der Waals surface area contributed by atoms with Crippen molar-refractivity contribution in [2.75, 3.05) is 0 Å². The second-order valence-corrected chi connectivity index (χ2v) is 8.12. The second-order valence-electron chi connectivity index (χ2n) is 8.12. The summed E-state index contributed by atoms with van der Waals surface area (Å²) in [6, 6.07) is 0. The van der Waals surface area contributed by atoms with Crippen LogP contribution in [0.25, 0.3) is 0 Å². The number of aldehydes is 2. The van der Waals surface area contributed by atoms with E-state index in [1.807, 2.05) is 0 Å². The first-order chi connectivity index (χ1) is 12.8. The van der Waals surface area contributed by atoms with Crippen molar-refractivity contribution in [3.63, 3.8) is 0 Å². The van der Waals surface area contributed by atoms with Crippen molar-refractivity contribution in [1.82, 2.24) is 0 Å². The Morgan fingerprint density at radius 2 is 1.04 bits per heavy atom. The van der Waals surface area contributed by atoms with Crippen LogP contribution in [0.5, 0.6) is 0 Å². The van der Waals surface area contributed by atoms with Crippen molar-refractivity contribution in [1.29, 1.82) is 0 Å². The number of carbonyl (C=O) groups is 2. The highest BCUT2D eigenvalue weighted by molar-refractivity contribution is 5.53. The van der Waals surface area contributed by atoms with Gasteiger partial charge in [0.05, 0.1) is 0 Å². The Morgan fingerprint density at radius 3 is 1.62 bits per heavy atom. The van der Waals surface area contributed by atoms with Gasteiger partial charge in [-0.25, -0.2) is 0 Å². The fraction of sp³-hybridized carbons (Fsp3) is 0.917. The van der Waals surface area contributed by atoms with Gasteiger partial charge in [0, 0.05) is 12.3 Å². The number of rotatable bonds is 21. The van der Waals surface area contributed by atoms with Gasteiger partial charge in [-0.15, -0.1) is 0 Å². The third-order valence-electron chi connectivity index (χ3n) is 5.75. The molecule has 2 atom stereocenters. The lowest BCUT2D eigenvalue weighted by molar-refractivity contribution is -0.113. The molecule has 2 heteroatoms. The molecule has 154 valence electrons. The molecule has 0 saturated heterocycles. The van der Waals surface area contributed by atoms with Gasteiger partial charge in [-0.3, -0.25) is 0 Å². The topological polar surface area (TPSA) is 34.1 Å². The summed E-state index contributed by atoms with van der Waals surface area (Å²) in [6.07, 6.45) is 24.2. The van der Waals surface area contributed by atoms with E-state index in [4.69, 9.17) is 0 Å². The Labute approximate surface area is 163 Å². The van der Waals surface area contributed by atoms with Gasteiger partial charge >= 0.3 is 0 Å². The molecule has 0 fully saturated rings. The molecule has 0 radical (unpaired) electrons. The molecule has 0 aromatic rings. The summed E-state index contributed by atoms with van der Waals surface area (Å²) in [5.41, 5.74) is 0. The lowest BCUT2D eigenvalue weighted by atomic mass is 9.81. The highest BCUT2D eigenvalue weighted by Crippen LogP contribution is 2.28. The van der Waals surface area contributed by atoms with Gasteiger partial charge in [-0.1, -0.05) is 97.3 Å². The van der Waals surface area contributed by atoms with Gasteiger partial charge in [0.1, 0.15) is 12.6 Å². The highest BCUT2D eigenvalue weighted by Gasteiger charge is 2.20. The predicted molar refractivity (Wildman–Crippen MR) is 114 cm³/mol. The molecule has 0 aliphatic rings. The minimum atomic E-state index is 0.262. The normalized spacial score (nSPS) is 13.5. The SMILES string of the molecule is CCCCCCCCCCC(C=O)C(CCCCC)CCCCCC=O. The molecule has 0 aliphatic heterocycles. The molecule has 0 N–H and O–H groups in total. The molecule has 0 heterocycles. The van der Waals surface area contributed by atoms with Crippen molar-refractivity contribution in [2.24, 2.45) is 11.8 Å². The molecular weight excluding hydrogens is 320 g/mol. The van der Waals surface area contributed by atoms with Gasteiger partial charge < -0.3 is 9.59 Å². The predicted octanol–water partition coefficient (Wildman–Crippen LogP) is 7.68. The standard InChI is InChI=1S/C24H46O2/c1-3-5-7-8-9-10-11-16-20-24(22-26)23(18-14-6-4-2)19-15-12-13-17-21-25/h21-24H,3-20H2,1-2H3. The third kappa shape index (κ3) is 15.6. The second kappa shape index (κ2) is 20.6. The molecule has 2 unspecified atom stereocenters. The van der Waals surface area contributed by atoms with Crippen LogP contribution in [0.2, 0.25) is 0 Å². The average Bonchev–Trinajstić information content (AvgIpc) is 2.66.